The van der Waals surface area contributed by atoms with Crippen molar-refractivity contribution in [2.75, 3.05) is 0 Å². The fraction of sp³-hybridized carbons (Fsp3) is 0.818. The number of hydrogen-bond donors (Lipinski definition) is 0. The van der Waals surface area contributed by atoms with Crippen LogP contribution in [0.5, 0.6) is 0 Å². The largest absolute Gasteiger partial charge is 0.252 e. The fourth-order valence-corrected chi connectivity index (χ4v) is 2.38. The molecule has 0 aromatic carbocycles. The first-order chi connectivity index (χ1) is 7.65. The predicted octanol–water partition coefficient (Wildman–Crippen LogP) is 2.59. The Morgan fingerprint density at radius 3 is 2.81 bits per heavy atom. The van der Waals surface area contributed by atoms with Gasteiger partial charge in [-0.25, -0.2) is 13.8 Å². The van der Waals surface area contributed by atoms with Gasteiger partial charge in [0.15, 0.2) is 5.82 Å². The maximum absolute atomic E-state index is 13.4. The van der Waals surface area contributed by atoms with Gasteiger partial charge in [0.2, 0.25) is 0 Å². The van der Waals surface area contributed by atoms with Crippen LogP contribution in [0.1, 0.15) is 43.8 Å². The monoisotopic (exact) mass is 227 g/mol. The molecule has 1 heterocycles. The van der Waals surface area contributed by atoms with Crippen molar-refractivity contribution in [2.45, 2.75) is 50.5 Å². The zero-order valence-electron chi connectivity index (χ0n) is 9.07. The van der Waals surface area contributed by atoms with Crippen molar-refractivity contribution < 1.29 is 8.78 Å². The molecule has 2 aliphatic rings. The van der Waals surface area contributed by atoms with Crippen molar-refractivity contribution in [3.05, 3.63) is 12.2 Å². The van der Waals surface area contributed by atoms with Crippen LogP contribution in [0.3, 0.4) is 0 Å². The molecule has 0 saturated heterocycles. The number of hydrogen-bond acceptors (Lipinski definition) is 2. The molecule has 88 valence electrons. The van der Waals surface area contributed by atoms with Gasteiger partial charge in [-0.05, 0) is 25.7 Å². The van der Waals surface area contributed by atoms with Gasteiger partial charge in [-0.3, -0.25) is 4.68 Å². The molecule has 0 amide bonds. The lowest BCUT2D eigenvalue weighted by Crippen LogP contribution is -2.26. The highest BCUT2D eigenvalue weighted by Crippen LogP contribution is 2.41. The summed E-state index contributed by atoms with van der Waals surface area (Å²) in [6.45, 7) is 0.312. The van der Waals surface area contributed by atoms with Crippen LogP contribution in [0, 0.1) is 5.92 Å². The molecule has 3 rings (SSSR count). The molecule has 1 aromatic heterocycles. The molecule has 2 aliphatic carbocycles. The molecule has 1 atom stereocenters. The summed E-state index contributed by atoms with van der Waals surface area (Å²) in [5.41, 5.74) is 0. The Morgan fingerprint density at radius 2 is 2.19 bits per heavy atom. The van der Waals surface area contributed by atoms with Crippen molar-refractivity contribution >= 4 is 0 Å². The highest BCUT2D eigenvalue weighted by Gasteiger charge is 2.44. The van der Waals surface area contributed by atoms with Gasteiger partial charge in [0, 0.05) is 18.3 Å². The molecule has 0 N–H and O–H groups in total. The quantitative estimate of drug-likeness (QED) is 0.794. The SMILES string of the molecule is FC1(F)CCCC1Cn1cnc(C2CC2)n1. The van der Waals surface area contributed by atoms with E-state index < -0.39 is 11.8 Å². The molecule has 1 aromatic rings. The van der Waals surface area contributed by atoms with Crippen LogP contribution < -0.4 is 0 Å². The minimum Gasteiger partial charge on any atom is -0.252 e. The van der Waals surface area contributed by atoms with E-state index in [2.05, 4.69) is 10.1 Å². The third kappa shape index (κ3) is 1.83. The summed E-state index contributed by atoms with van der Waals surface area (Å²) in [6, 6.07) is 0. The molecular weight excluding hydrogens is 212 g/mol. The van der Waals surface area contributed by atoms with Crippen LogP contribution in [-0.4, -0.2) is 20.7 Å². The van der Waals surface area contributed by atoms with Crippen LogP contribution in [0.25, 0.3) is 0 Å². The molecule has 3 nitrogen and oxygen atoms in total. The Bertz CT molecular complexity index is 384. The zero-order valence-corrected chi connectivity index (χ0v) is 9.07. The Kier molecular flexibility index (Phi) is 2.23. The molecule has 0 spiro atoms. The average molecular weight is 227 g/mol. The lowest BCUT2D eigenvalue weighted by Gasteiger charge is -2.18. The number of halogens is 2. The van der Waals surface area contributed by atoms with Gasteiger partial charge >= 0.3 is 0 Å². The van der Waals surface area contributed by atoms with E-state index in [1.54, 1.807) is 11.0 Å². The Hall–Kier alpha value is -1.00. The fourth-order valence-electron chi connectivity index (χ4n) is 2.38. The molecule has 1 unspecified atom stereocenters. The molecule has 0 radical (unpaired) electrons. The summed E-state index contributed by atoms with van der Waals surface area (Å²) in [7, 11) is 0. The van der Waals surface area contributed by atoms with E-state index in [-0.39, 0.29) is 6.42 Å². The second kappa shape index (κ2) is 3.50. The molecule has 0 bridgehead atoms. The molecule has 5 heteroatoms. The molecule has 2 fully saturated rings. The lowest BCUT2D eigenvalue weighted by molar-refractivity contribution is -0.0433. The summed E-state index contributed by atoms with van der Waals surface area (Å²) in [6.07, 6.45) is 5.14. The summed E-state index contributed by atoms with van der Waals surface area (Å²) in [4.78, 5) is 4.17. The van der Waals surface area contributed by atoms with E-state index >= 15 is 0 Å². The number of aromatic nitrogens is 3. The van der Waals surface area contributed by atoms with E-state index in [0.29, 0.717) is 25.3 Å². The summed E-state index contributed by atoms with van der Waals surface area (Å²) < 4.78 is 28.4. The number of nitrogens with zero attached hydrogens (tertiary/aromatic N) is 3. The van der Waals surface area contributed by atoms with E-state index in [4.69, 9.17) is 0 Å². The Balaban J connectivity index is 1.68. The van der Waals surface area contributed by atoms with Crippen LogP contribution in [0.4, 0.5) is 8.78 Å². The van der Waals surface area contributed by atoms with Crippen LogP contribution in [0.15, 0.2) is 6.33 Å². The standard InChI is InChI=1S/C11H15F2N3/c12-11(13)5-1-2-9(11)6-16-7-14-10(15-16)8-3-4-8/h7-9H,1-6H2. The summed E-state index contributed by atoms with van der Waals surface area (Å²) in [5, 5.41) is 4.27. The highest BCUT2D eigenvalue weighted by atomic mass is 19.3. The van der Waals surface area contributed by atoms with Gasteiger partial charge in [-0.1, -0.05) is 0 Å². The van der Waals surface area contributed by atoms with Crippen molar-refractivity contribution in [2.24, 2.45) is 5.92 Å². The van der Waals surface area contributed by atoms with E-state index in [1.165, 1.54) is 0 Å². The Labute approximate surface area is 92.9 Å². The van der Waals surface area contributed by atoms with Gasteiger partial charge < -0.3 is 0 Å². The first kappa shape index (κ1) is 10.2. The second-order valence-electron chi connectivity index (χ2n) is 4.95. The van der Waals surface area contributed by atoms with Crippen molar-refractivity contribution in [3.63, 3.8) is 0 Å². The van der Waals surface area contributed by atoms with E-state index in [0.717, 1.165) is 18.7 Å². The van der Waals surface area contributed by atoms with Crippen LogP contribution in [0.2, 0.25) is 0 Å². The minimum atomic E-state index is -2.51. The Morgan fingerprint density at radius 1 is 1.38 bits per heavy atom. The molecular formula is C11H15F2N3. The third-order valence-electron chi connectivity index (χ3n) is 3.56. The molecule has 2 saturated carbocycles. The zero-order chi connectivity index (χ0) is 11.2. The van der Waals surface area contributed by atoms with Gasteiger partial charge in [-0.15, -0.1) is 0 Å². The third-order valence-corrected chi connectivity index (χ3v) is 3.56. The van der Waals surface area contributed by atoms with E-state index in [9.17, 15) is 8.78 Å². The number of rotatable bonds is 3. The summed E-state index contributed by atoms with van der Waals surface area (Å²) >= 11 is 0. The topological polar surface area (TPSA) is 30.7 Å². The van der Waals surface area contributed by atoms with Crippen molar-refractivity contribution in [1.82, 2.24) is 14.8 Å². The maximum atomic E-state index is 13.4. The van der Waals surface area contributed by atoms with Crippen LogP contribution >= 0.6 is 0 Å². The van der Waals surface area contributed by atoms with Crippen molar-refractivity contribution in [1.29, 1.82) is 0 Å². The van der Waals surface area contributed by atoms with Gasteiger partial charge in [0.05, 0.1) is 6.54 Å². The second-order valence-corrected chi connectivity index (χ2v) is 4.95. The summed E-state index contributed by atoms with van der Waals surface area (Å²) in [5.74, 6) is -1.74. The molecule has 0 aliphatic heterocycles. The van der Waals surface area contributed by atoms with Crippen molar-refractivity contribution in [3.8, 4) is 0 Å². The van der Waals surface area contributed by atoms with E-state index in [1.807, 2.05) is 0 Å². The predicted molar refractivity (Wildman–Crippen MR) is 54.3 cm³/mol. The van der Waals surface area contributed by atoms with Gasteiger partial charge in [0.25, 0.3) is 5.92 Å². The van der Waals surface area contributed by atoms with Gasteiger partial charge in [0.1, 0.15) is 6.33 Å². The number of alkyl halides is 2. The highest BCUT2D eigenvalue weighted by molar-refractivity contribution is 5.02. The first-order valence-electron chi connectivity index (χ1n) is 5.92. The lowest BCUT2D eigenvalue weighted by atomic mass is 10.1. The molecule has 16 heavy (non-hydrogen) atoms. The smallest absolute Gasteiger partial charge is 0.252 e. The first-order valence-corrected chi connectivity index (χ1v) is 5.92. The maximum Gasteiger partial charge on any atom is 0.252 e. The van der Waals surface area contributed by atoms with Crippen LogP contribution in [-0.2, 0) is 6.54 Å². The van der Waals surface area contributed by atoms with Gasteiger partial charge in [-0.2, -0.15) is 5.10 Å². The normalized spacial score (nSPS) is 28.5. The average Bonchev–Trinajstić information content (AvgIpc) is 2.89. The minimum absolute atomic E-state index is 0.0296.